The van der Waals surface area contributed by atoms with Crippen LogP contribution in [-0.2, 0) is 0 Å². The van der Waals surface area contributed by atoms with E-state index in [1.54, 1.807) is 7.11 Å². The first-order chi connectivity index (χ1) is 10.2. The van der Waals surface area contributed by atoms with Crippen molar-refractivity contribution >= 4 is 11.0 Å². The smallest absolute Gasteiger partial charge is 0.134 e. The number of rotatable bonds is 4. The second-order valence-electron chi connectivity index (χ2n) is 5.03. The Balaban J connectivity index is 2.11. The van der Waals surface area contributed by atoms with Gasteiger partial charge in [-0.3, -0.25) is 5.84 Å². The van der Waals surface area contributed by atoms with Gasteiger partial charge < -0.3 is 9.15 Å². The number of nitrogens with one attached hydrogen (secondary N) is 1. The lowest BCUT2D eigenvalue weighted by atomic mass is 10.0. The van der Waals surface area contributed by atoms with E-state index in [0.29, 0.717) is 0 Å². The number of aryl methyl sites for hydroxylation is 1. The van der Waals surface area contributed by atoms with Crippen LogP contribution in [0, 0.1) is 6.92 Å². The molecule has 0 spiro atoms. The molecule has 0 radical (unpaired) electrons. The highest BCUT2D eigenvalue weighted by atomic mass is 16.5. The summed E-state index contributed by atoms with van der Waals surface area (Å²) in [6.45, 7) is 2.04. The van der Waals surface area contributed by atoms with Crippen LogP contribution < -0.4 is 16.0 Å². The standard InChI is InChI=1S/C17H18N2O2/c1-11-7-8-15(20-2)13(9-11)17(19-18)16-10-12-5-3-4-6-14(12)21-16/h3-10,17,19H,18H2,1-2H3. The number of nitrogens with two attached hydrogens (primary N) is 1. The summed E-state index contributed by atoms with van der Waals surface area (Å²) in [5, 5.41) is 1.05. The zero-order chi connectivity index (χ0) is 14.8. The van der Waals surface area contributed by atoms with Crippen molar-refractivity contribution in [3.63, 3.8) is 0 Å². The first-order valence-electron chi connectivity index (χ1n) is 6.82. The monoisotopic (exact) mass is 282 g/mol. The van der Waals surface area contributed by atoms with Gasteiger partial charge in [0.15, 0.2) is 0 Å². The van der Waals surface area contributed by atoms with Gasteiger partial charge in [-0.25, -0.2) is 5.43 Å². The first-order valence-corrected chi connectivity index (χ1v) is 6.82. The molecule has 0 aliphatic carbocycles. The minimum absolute atomic E-state index is 0.257. The van der Waals surface area contributed by atoms with E-state index in [-0.39, 0.29) is 6.04 Å². The first kappa shape index (κ1) is 13.7. The SMILES string of the molecule is COc1ccc(C)cc1C(NN)c1cc2ccccc2o1. The van der Waals surface area contributed by atoms with Crippen LogP contribution in [0.15, 0.2) is 52.9 Å². The zero-order valence-corrected chi connectivity index (χ0v) is 12.1. The third kappa shape index (κ3) is 2.51. The van der Waals surface area contributed by atoms with E-state index in [9.17, 15) is 0 Å². The molecule has 0 aliphatic heterocycles. The molecular formula is C17H18N2O2. The van der Waals surface area contributed by atoms with Gasteiger partial charge in [0, 0.05) is 10.9 Å². The molecule has 3 rings (SSSR count). The van der Waals surface area contributed by atoms with Crippen LogP contribution in [0.3, 0.4) is 0 Å². The lowest BCUT2D eigenvalue weighted by Crippen LogP contribution is -2.28. The molecule has 0 fully saturated rings. The predicted octanol–water partition coefficient (Wildman–Crippen LogP) is 3.30. The van der Waals surface area contributed by atoms with Gasteiger partial charge in [0.1, 0.15) is 23.1 Å². The second kappa shape index (κ2) is 5.60. The maximum atomic E-state index is 5.92. The van der Waals surface area contributed by atoms with Gasteiger partial charge in [-0.2, -0.15) is 0 Å². The van der Waals surface area contributed by atoms with Crippen molar-refractivity contribution in [2.45, 2.75) is 13.0 Å². The summed E-state index contributed by atoms with van der Waals surface area (Å²) in [4.78, 5) is 0. The van der Waals surface area contributed by atoms with Crippen LogP contribution >= 0.6 is 0 Å². The molecule has 2 aromatic carbocycles. The molecule has 4 heteroatoms. The molecule has 0 aliphatic rings. The Labute approximate surface area is 123 Å². The van der Waals surface area contributed by atoms with Crippen LogP contribution in [0.5, 0.6) is 5.75 Å². The molecule has 1 heterocycles. The Hall–Kier alpha value is -2.30. The van der Waals surface area contributed by atoms with E-state index in [4.69, 9.17) is 15.0 Å². The summed E-state index contributed by atoms with van der Waals surface area (Å²) in [6, 6.07) is 15.6. The van der Waals surface area contributed by atoms with E-state index in [2.05, 4.69) is 11.5 Å². The number of hydrazine groups is 1. The highest BCUT2D eigenvalue weighted by Crippen LogP contribution is 2.33. The molecule has 108 valence electrons. The minimum Gasteiger partial charge on any atom is -0.496 e. The van der Waals surface area contributed by atoms with Crippen LogP contribution in [0.25, 0.3) is 11.0 Å². The van der Waals surface area contributed by atoms with Crippen molar-refractivity contribution in [2.24, 2.45) is 5.84 Å². The highest BCUT2D eigenvalue weighted by Gasteiger charge is 2.21. The van der Waals surface area contributed by atoms with Gasteiger partial charge in [-0.1, -0.05) is 35.9 Å². The van der Waals surface area contributed by atoms with Crippen LogP contribution in [0.2, 0.25) is 0 Å². The Morgan fingerprint density at radius 2 is 1.95 bits per heavy atom. The molecule has 0 bridgehead atoms. The fraction of sp³-hybridized carbons (Fsp3) is 0.176. The van der Waals surface area contributed by atoms with E-state index in [0.717, 1.165) is 33.6 Å². The van der Waals surface area contributed by atoms with Crippen molar-refractivity contribution in [1.29, 1.82) is 0 Å². The summed E-state index contributed by atoms with van der Waals surface area (Å²) < 4.78 is 11.4. The predicted molar refractivity (Wildman–Crippen MR) is 83.1 cm³/mol. The quantitative estimate of drug-likeness (QED) is 0.569. The third-order valence-electron chi connectivity index (χ3n) is 3.59. The molecule has 21 heavy (non-hydrogen) atoms. The molecule has 0 saturated carbocycles. The topological polar surface area (TPSA) is 60.4 Å². The number of ether oxygens (including phenoxy) is 1. The number of methoxy groups -OCH3 is 1. The molecule has 4 nitrogen and oxygen atoms in total. The van der Waals surface area contributed by atoms with E-state index < -0.39 is 0 Å². The van der Waals surface area contributed by atoms with E-state index in [1.165, 1.54) is 0 Å². The molecular weight excluding hydrogens is 264 g/mol. The van der Waals surface area contributed by atoms with Gasteiger partial charge in [-0.15, -0.1) is 0 Å². The molecule has 1 aromatic heterocycles. The summed E-state index contributed by atoms with van der Waals surface area (Å²) in [7, 11) is 1.65. The number of para-hydroxylation sites is 1. The fourth-order valence-corrected chi connectivity index (χ4v) is 2.55. The molecule has 3 aromatic rings. The largest absolute Gasteiger partial charge is 0.496 e. The van der Waals surface area contributed by atoms with Crippen molar-refractivity contribution < 1.29 is 9.15 Å². The lowest BCUT2D eigenvalue weighted by Gasteiger charge is -2.17. The number of hydrogen-bond donors (Lipinski definition) is 2. The summed E-state index contributed by atoms with van der Waals surface area (Å²) in [5.41, 5.74) is 5.77. The molecule has 0 amide bonds. The average molecular weight is 282 g/mol. The van der Waals surface area contributed by atoms with Gasteiger partial charge in [0.25, 0.3) is 0 Å². The number of fused-ring (bicyclic) bond motifs is 1. The summed E-state index contributed by atoms with van der Waals surface area (Å²) in [5.74, 6) is 7.31. The maximum absolute atomic E-state index is 5.92. The Bertz CT molecular complexity index is 731. The van der Waals surface area contributed by atoms with Crippen LogP contribution in [-0.4, -0.2) is 7.11 Å². The minimum atomic E-state index is -0.257. The van der Waals surface area contributed by atoms with Crippen molar-refractivity contribution in [3.05, 3.63) is 65.4 Å². The molecule has 1 atom stereocenters. The van der Waals surface area contributed by atoms with Crippen molar-refractivity contribution in [3.8, 4) is 5.75 Å². The summed E-state index contributed by atoms with van der Waals surface area (Å²) in [6.07, 6.45) is 0. The molecule has 3 N–H and O–H groups in total. The van der Waals surface area contributed by atoms with Gasteiger partial charge in [-0.05, 0) is 25.1 Å². The van der Waals surface area contributed by atoms with Crippen LogP contribution in [0.4, 0.5) is 0 Å². The molecule has 1 unspecified atom stereocenters. The third-order valence-corrected chi connectivity index (χ3v) is 3.59. The molecule has 0 saturated heterocycles. The van der Waals surface area contributed by atoms with E-state index in [1.807, 2.05) is 49.4 Å². The lowest BCUT2D eigenvalue weighted by molar-refractivity contribution is 0.396. The van der Waals surface area contributed by atoms with Gasteiger partial charge in [0.05, 0.1) is 7.11 Å². The maximum Gasteiger partial charge on any atom is 0.134 e. The number of hydrogen-bond acceptors (Lipinski definition) is 4. The normalized spacial score (nSPS) is 12.5. The van der Waals surface area contributed by atoms with Crippen molar-refractivity contribution in [2.75, 3.05) is 7.11 Å². The summed E-state index contributed by atoms with van der Waals surface area (Å²) >= 11 is 0. The van der Waals surface area contributed by atoms with Gasteiger partial charge >= 0.3 is 0 Å². The fourth-order valence-electron chi connectivity index (χ4n) is 2.55. The van der Waals surface area contributed by atoms with Gasteiger partial charge in [0.2, 0.25) is 0 Å². The van der Waals surface area contributed by atoms with Crippen molar-refractivity contribution in [1.82, 2.24) is 5.43 Å². The zero-order valence-electron chi connectivity index (χ0n) is 12.1. The Morgan fingerprint density at radius 1 is 1.14 bits per heavy atom. The second-order valence-corrected chi connectivity index (χ2v) is 5.03. The number of benzene rings is 2. The average Bonchev–Trinajstić information content (AvgIpc) is 2.92. The Kier molecular flexibility index (Phi) is 3.64. The van der Waals surface area contributed by atoms with E-state index >= 15 is 0 Å². The van der Waals surface area contributed by atoms with Crippen LogP contribution in [0.1, 0.15) is 22.9 Å². The Morgan fingerprint density at radius 3 is 2.67 bits per heavy atom. The highest BCUT2D eigenvalue weighted by molar-refractivity contribution is 5.78. The number of furan rings is 1.